The van der Waals surface area contributed by atoms with Crippen LogP contribution < -0.4 is 0 Å². The number of fused-ring (bicyclic) bond motifs is 1. The van der Waals surface area contributed by atoms with Crippen LogP contribution in [0.5, 0.6) is 0 Å². The Kier molecular flexibility index (Phi) is 5.20. The van der Waals surface area contributed by atoms with Crippen molar-refractivity contribution in [3.63, 3.8) is 0 Å². The third-order valence-electron chi connectivity index (χ3n) is 2.89. The van der Waals surface area contributed by atoms with Crippen LogP contribution in [0.1, 0.15) is 16.8 Å². The Bertz CT molecular complexity index is 614. The lowest BCUT2D eigenvalue weighted by molar-refractivity contribution is 0.0170. The number of carbonyl (C=O) groups excluding carboxylic acids is 1. The molecule has 0 aromatic heterocycles. The Morgan fingerprint density at radius 2 is 1.85 bits per heavy atom. The van der Waals surface area contributed by atoms with Crippen LogP contribution in [-0.2, 0) is 4.74 Å². The van der Waals surface area contributed by atoms with Gasteiger partial charge in [-0.1, -0.05) is 40.2 Å². The van der Waals surface area contributed by atoms with Crippen molar-refractivity contribution in [2.24, 2.45) is 0 Å². The number of benzene rings is 2. The molecular formula is C15H13BrF2O2. The van der Waals surface area contributed by atoms with Crippen molar-refractivity contribution in [2.45, 2.75) is 12.8 Å². The van der Waals surface area contributed by atoms with Crippen molar-refractivity contribution in [3.8, 4) is 0 Å². The zero-order chi connectivity index (χ0) is 14.5. The summed E-state index contributed by atoms with van der Waals surface area (Å²) in [4.78, 5) is 12.1. The molecule has 0 heterocycles. The second-order valence-electron chi connectivity index (χ2n) is 4.28. The van der Waals surface area contributed by atoms with Crippen LogP contribution in [0.2, 0.25) is 0 Å². The number of hydrogen-bond acceptors (Lipinski definition) is 2. The molecule has 0 N–H and O–H groups in total. The summed E-state index contributed by atoms with van der Waals surface area (Å²) in [6.07, 6.45) is -2.41. The van der Waals surface area contributed by atoms with Crippen LogP contribution in [0.4, 0.5) is 8.78 Å². The Labute approximate surface area is 123 Å². The third kappa shape index (κ3) is 3.61. The summed E-state index contributed by atoms with van der Waals surface area (Å²) < 4.78 is 29.5. The molecule has 2 aromatic rings. The number of rotatable bonds is 6. The topological polar surface area (TPSA) is 26.3 Å². The zero-order valence-corrected chi connectivity index (χ0v) is 12.2. The second kappa shape index (κ2) is 6.90. The molecule has 0 saturated heterocycles. The molecule has 2 rings (SSSR count). The highest BCUT2D eigenvalue weighted by atomic mass is 79.9. The lowest BCUT2D eigenvalue weighted by Gasteiger charge is -2.08. The number of hydrogen-bond donors (Lipinski definition) is 0. The predicted octanol–water partition coefficient (Wildman–Crippen LogP) is 4.46. The van der Waals surface area contributed by atoms with E-state index in [0.717, 1.165) is 15.2 Å². The maximum absolute atomic E-state index is 12.1. The predicted molar refractivity (Wildman–Crippen MR) is 77.4 cm³/mol. The largest absolute Gasteiger partial charge is 0.375 e. The average Bonchev–Trinajstić information content (AvgIpc) is 2.44. The minimum absolute atomic E-state index is 0.00750. The Hall–Kier alpha value is -1.33. The molecule has 106 valence electrons. The van der Waals surface area contributed by atoms with Crippen molar-refractivity contribution in [1.29, 1.82) is 0 Å². The fraction of sp³-hybridized carbons (Fsp3) is 0.267. The fourth-order valence-corrected chi connectivity index (χ4v) is 2.46. The first-order valence-corrected chi connectivity index (χ1v) is 6.95. The molecule has 0 unspecified atom stereocenters. The Morgan fingerprint density at radius 3 is 2.55 bits per heavy atom. The lowest BCUT2D eigenvalue weighted by Crippen LogP contribution is -2.09. The molecule has 2 nitrogen and oxygen atoms in total. The van der Waals surface area contributed by atoms with Gasteiger partial charge < -0.3 is 4.74 Å². The third-order valence-corrected chi connectivity index (χ3v) is 3.58. The summed E-state index contributed by atoms with van der Waals surface area (Å²) in [6, 6.07) is 11.1. The van der Waals surface area contributed by atoms with Gasteiger partial charge in [0.2, 0.25) is 0 Å². The summed E-state index contributed by atoms with van der Waals surface area (Å²) in [5.41, 5.74) is 0.587. The van der Waals surface area contributed by atoms with Gasteiger partial charge in [-0.25, -0.2) is 8.78 Å². The molecule has 0 aliphatic rings. The molecule has 5 heteroatoms. The quantitative estimate of drug-likeness (QED) is 0.572. The van der Waals surface area contributed by atoms with Crippen molar-refractivity contribution in [2.75, 3.05) is 13.2 Å². The normalized spacial score (nSPS) is 11.2. The highest BCUT2D eigenvalue weighted by molar-refractivity contribution is 9.10. The van der Waals surface area contributed by atoms with E-state index in [1.807, 2.05) is 30.3 Å². The smallest absolute Gasteiger partial charge is 0.261 e. The van der Waals surface area contributed by atoms with E-state index in [1.165, 1.54) is 0 Å². The van der Waals surface area contributed by atoms with E-state index in [0.29, 0.717) is 5.56 Å². The Morgan fingerprint density at radius 1 is 1.15 bits per heavy atom. The van der Waals surface area contributed by atoms with E-state index >= 15 is 0 Å². The molecule has 2 aromatic carbocycles. The van der Waals surface area contributed by atoms with Crippen molar-refractivity contribution in [3.05, 3.63) is 46.4 Å². The molecule has 0 amide bonds. The van der Waals surface area contributed by atoms with Crippen LogP contribution in [-0.4, -0.2) is 25.4 Å². The molecule has 0 aliphatic heterocycles. The number of halogens is 3. The van der Waals surface area contributed by atoms with Crippen LogP contribution in [0, 0.1) is 0 Å². The van der Waals surface area contributed by atoms with E-state index in [9.17, 15) is 13.6 Å². The van der Waals surface area contributed by atoms with Gasteiger partial charge in [-0.3, -0.25) is 4.79 Å². The van der Waals surface area contributed by atoms with Gasteiger partial charge in [0.15, 0.2) is 5.78 Å². The summed E-state index contributed by atoms with van der Waals surface area (Å²) in [5, 5.41) is 1.80. The van der Waals surface area contributed by atoms with E-state index in [1.54, 1.807) is 6.07 Å². The summed E-state index contributed by atoms with van der Waals surface area (Å²) in [5.74, 6) is -0.108. The first-order valence-electron chi connectivity index (χ1n) is 6.16. The maximum atomic E-state index is 12.1. The molecular weight excluding hydrogens is 330 g/mol. The maximum Gasteiger partial charge on any atom is 0.261 e. The number of carbonyl (C=O) groups is 1. The first-order chi connectivity index (χ1) is 9.59. The van der Waals surface area contributed by atoms with E-state index < -0.39 is 13.0 Å². The standard InChI is InChI=1S/C15H13BrF2O2/c16-13-6-5-12(10-3-1-2-4-11(10)13)14(19)7-8-20-9-15(17)18/h1-6,15H,7-9H2. The van der Waals surface area contributed by atoms with Crippen LogP contribution in [0.15, 0.2) is 40.9 Å². The number of ketones is 1. The molecule has 20 heavy (non-hydrogen) atoms. The lowest BCUT2D eigenvalue weighted by atomic mass is 10.0. The van der Waals surface area contributed by atoms with E-state index in [-0.39, 0.29) is 18.8 Å². The minimum Gasteiger partial charge on any atom is -0.375 e. The fourth-order valence-electron chi connectivity index (χ4n) is 1.98. The SMILES string of the molecule is O=C(CCOCC(F)F)c1ccc(Br)c2ccccc12. The first kappa shape index (κ1) is 15.1. The molecule has 0 bridgehead atoms. The molecule has 0 saturated carbocycles. The van der Waals surface area contributed by atoms with Gasteiger partial charge in [0.05, 0.1) is 6.61 Å². The van der Waals surface area contributed by atoms with Crippen molar-refractivity contribution < 1.29 is 18.3 Å². The van der Waals surface area contributed by atoms with E-state index in [2.05, 4.69) is 15.9 Å². The van der Waals surface area contributed by atoms with Crippen LogP contribution >= 0.6 is 15.9 Å². The molecule has 0 radical (unpaired) electrons. The van der Waals surface area contributed by atoms with Gasteiger partial charge in [-0.15, -0.1) is 0 Å². The summed E-state index contributed by atoms with van der Waals surface area (Å²) in [7, 11) is 0. The second-order valence-corrected chi connectivity index (χ2v) is 5.13. The number of ether oxygens (including phenoxy) is 1. The van der Waals surface area contributed by atoms with Crippen molar-refractivity contribution >= 4 is 32.5 Å². The molecule has 0 spiro atoms. The monoisotopic (exact) mass is 342 g/mol. The van der Waals surface area contributed by atoms with Crippen LogP contribution in [0.3, 0.4) is 0 Å². The Balaban J connectivity index is 2.12. The summed E-state index contributed by atoms with van der Waals surface area (Å²) >= 11 is 3.44. The van der Waals surface area contributed by atoms with Crippen LogP contribution in [0.25, 0.3) is 10.8 Å². The zero-order valence-electron chi connectivity index (χ0n) is 10.6. The van der Waals surface area contributed by atoms with Crippen molar-refractivity contribution in [1.82, 2.24) is 0 Å². The van der Waals surface area contributed by atoms with Gasteiger partial charge >= 0.3 is 0 Å². The number of Topliss-reactive ketones (excluding diaryl/α,β-unsaturated/α-hetero) is 1. The minimum atomic E-state index is -2.50. The average molecular weight is 343 g/mol. The van der Waals surface area contributed by atoms with Gasteiger partial charge in [0.1, 0.15) is 6.61 Å². The highest BCUT2D eigenvalue weighted by Crippen LogP contribution is 2.27. The van der Waals surface area contributed by atoms with E-state index in [4.69, 9.17) is 4.74 Å². The highest BCUT2D eigenvalue weighted by Gasteiger charge is 2.12. The van der Waals surface area contributed by atoms with Gasteiger partial charge in [-0.2, -0.15) is 0 Å². The molecule has 0 aliphatic carbocycles. The molecule has 0 fully saturated rings. The number of alkyl halides is 2. The van der Waals surface area contributed by atoms with Gasteiger partial charge in [-0.05, 0) is 22.9 Å². The van der Waals surface area contributed by atoms with Gasteiger partial charge in [0, 0.05) is 16.5 Å². The van der Waals surface area contributed by atoms with Gasteiger partial charge in [0.25, 0.3) is 6.43 Å². The summed E-state index contributed by atoms with van der Waals surface area (Å²) in [6.45, 7) is -0.623. The molecule has 0 atom stereocenters.